The highest BCUT2D eigenvalue weighted by Crippen LogP contribution is 2.32. The Labute approximate surface area is 150 Å². The Morgan fingerprint density at radius 3 is 2.72 bits per heavy atom. The summed E-state index contributed by atoms with van der Waals surface area (Å²) < 4.78 is 0. The van der Waals surface area contributed by atoms with Crippen molar-refractivity contribution in [1.29, 1.82) is 0 Å². The van der Waals surface area contributed by atoms with Crippen molar-refractivity contribution in [2.45, 2.75) is 12.5 Å². The number of benzene rings is 1. The van der Waals surface area contributed by atoms with E-state index in [2.05, 4.69) is 29.2 Å². The van der Waals surface area contributed by atoms with E-state index in [0.717, 1.165) is 37.0 Å². The molecule has 8 heteroatoms. The number of likely N-dealkylation sites (N-methyl/N-ethyl adjacent to an activating group) is 1. The fraction of sp³-hybridized carbons (Fsp3) is 0.353. The first-order valence-electron chi connectivity index (χ1n) is 7.95. The SMILES string of the molecule is CN(C)C1CCN(c2ccc(C(N)=O)cc2/C=C2\SC(=O)NC2=O)C1. The average Bonchev–Trinajstić information content (AvgIpc) is 3.14. The van der Waals surface area contributed by atoms with Gasteiger partial charge in [0, 0.05) is 30.4 Å². The van der Waals surface area contributed by atoms with Gasteiger partial charge in [-0.05, 0) is 62.1 Å². The van der Waals surface area contributed by atoms with E-state index in [1.807, 2.05) is 6.07 Å². The van der Waals surface area contributed by atoms with E-state index in [1.165, 1.54) is 0 Å². The van der Waals surface area contributed by atoms with Crippen molar-refractivity contribution in [2.24, 2.45) is 5.73 Å². The topological polar surface area (TPSA) is 95.7 Å². The van der Waals surface area contributed by atoms with Crippen molar-refractivity contribution >= 4 is 40.6 Å². The molecule has 3 amide bonds. The van der Waals surface area contributed by atoms with Crippen molar-refractivity contribution in [2.75, 3.05) is 32.1 Å². The van der Waals surface area contributed by atoms with Crippen LogP contribution >= 0.6 is 11.8 Å². The van der Waals surface area contributed by atoms with Crippen molar-refractivity contribution in [1.82, 2.24) is 10.2 Å². The number of amides is 3. The van der Waals surface area contributed by atoms with Crippen LogP contribution in [0.4, 0.5) is 10.5 Å². The Hall–Kier alpha value is -2.32. The standard InChI is InChI=1S/C17H20N4O3S/c1-20(2)12-5-6-21(9-12)13-4-3-10(15(18)22)7-11(13)8-14-16(23)19-17(24)25-14/h3-4,7-8,12H,5-6,9H2,1-2H3,(H2,18,22)(H,19,23,24)/b14-8-. The minimum atomic E-state index is -0.529. The number of hydrogen-bond acceptors (Lipinski definition) is 6. The number of anilines is 1. The van der Waals surface area contributed by atoms with Crippen LogP contribution in [0.2, 0.25) is 0 Å². The fourth-order valence-corrected chi connectivity index (χ4v) is 3.73. The lowest BCUT2D eigenvalue weighted by molar-refractivity contribution is -0.115. The predicted molar refractivity (Wildman–Crippen MR) is 98.4 cm³/mol. The molecule has 2 fully saturated rings. The van der Waals surface area contributed by atoms with Crippen molar-refractivity contribution in [3.05, 3.63) is 34.2 Å². The second-order valence-corrected chi connectivity index (χ2v) is 7.36. The van der Waals surface area contributed by atoms with Crippen LogP contribution in [-0.4, -0.2) is 55.2 Å². The average molecular weight is 360 g/mol. The van der Waals surface area contributed by atoms with Gasteiger partial charge in [-0.3, -0.25) is 19.7 Å². The third-order valence-electron chi connectivity index (χ3n) is 4.48. The van der Waals surface area contributed by atoms with Crippen LogP contribution in [-0.2, 0) is 4.79 Å². The van der Waals surface area contributed by atoms with Gasteiger partial charge in [0.25, 0.3) is 11.1 Å². The van der Waals surface area contributed by atoms with Crippen LogP contribution in [0.25, 0.3) is 6.08 Å². The third kappa shape index (κ3) is 3.69. The second-order valence-electron chi connectivity index (χ2n) is 6.34. The molecule has 132 valence electrons. The number of carbonyl (C=O) groups excluding carboxylic acids is 3. The number of thioether (sulfide) groups is 1. The van der Waals surface area contributed by atoms with Crippen molar-refractivity contribution < 1.29 is 14.4 Å². The zero-order valence-corrected chi connectivity index (χ0v) is 14.9. The van der Waals surface area contributed by atoms with Gasteiger partial charge in [-0.1, -0.05) is 0 Å². The van der Waals surface area contributed by atoms with Crippen molar-refractivity contribution in [3.63, 3.8) is 0 Å². The number of primary amides is 1. The minimum Gasteiger partial charge on any atom is -0.369 e. The molecule has 7 nitrogen and oxygen atoms in total. The van der Waals surface area contributed by atoms with Crippen LogP contribution < -0.4 is 16.0 Å². The van der Waals surface area contributed by atoms with Crippen LogP contribution in [0, 0.1) is 0 Å². The normalized spacial score (nSPS) is 22.1. The molecule has 1 unspecified atom stereocenters. The van der Waals surface area contributed by atoms with Gasteiger partial charge in [0.2, 0.25) is 5.91 Å². The van der Waals surface area contributed by atoms with Crippen LogP contribution in [0.3, 0.4) is 0 Å². The number of hydrogen-bond donors (Lipinski definition) is 2. The number of nitrogens with one attached hydrogen (secondary N) is 1. The van der Waals surface area contributed by atoms with Crippen LogP contribution in [0.5, 0.6) is 0 Å². The number of nitrogens with zero attached hydrogens (tertiary/aromatic N) is 2. The summed E-state index contributed by atoms with van der Waals surface area (Å²) in [5.41, 5.74) is 7.39. The first-order chi connectivity index (χ1) is 11.8. The molecule has 0 aromatic heterocycles. The highest BCUT2D eigenvalue weighted by Gasteiger charge is 2.28. The van der Waals surface area contributed by atoms with E-state index < -0.39 is 17.1 Å². The smallest absolute Gasteiger partial charge is 0.290 e. The summed E-state index contributed by atoms with van der Waals surface area (Å²) in [7, 11) is 4.11. The van der Waals surface area contributed by atoms with E-state index >= 15 is 0 Å². The largest absolute Gasteiger partial charge is 0.369 e. The molecule has 2 aliphatic heterocycles. The number of imide groups is 1. The fourth-order valence-electron chi connectivity index (χ4n) is 3.06. The quantitative estimate of drug-likeness (QED) is 0.785. The summed E-state index contributed by atoms with van der Waals surface area (Å²) in [4.78, 5) is 39.5. The number of carbonyl (C=O) groups is 3. The van der Waals surface area contributed by atoms with Crippen LogP contribution in [0.1, 0.15) is 22.3 Å². The third-order valence-corrected chi connectivity index (χ3v) is 5.29. The molecular weight excluding hydrogens is 340 g/mol. The monoisotopic (exact) mass is 360 g/mol. The lowest BCUT2D eigenvalue weighted by Gasteiger charge is -2.23. The summed E-state index contributed by atoms with van der Waals surface area (Å²) in [6, 6.07) is 5.66. The summed E-state index contributed by atoms with van der Waals surface area (Å²) in [6.07, 6.45) is 2.68. The van der Waals surface area contributed by atoms with Gasteiger partial charge in [-0.15, -0.1) is 0 Å². The predicted octanol–water partition coefficient (Wildman–Crippen LogP) is 1.25. The molecule has 0 saturated carbocycles. The summed E-state index contributed by atoms with van der Waals surface area (Å²) in [5, 5.41) is 1.85. The van der Waals surface area contributed by atoms with E-state index in [1.54, 1.807) is 18.2 Å². The maximum Gasteiger partial charge on any atom is 0.290 e. The molecule has 25 heavy (non-hydrogen) atoms. The first kappa shape index (κ1) is 17.5. The van der Waals surface area contributed by atoms with Gasteiger partial charge in [0.1, 0.15) is 0 Å². The molecule has 3 N–H and O–H groups in total. The highest BCUT2D eigenvalue weighted by molar-refractivity contribution is 8.18. The lowest BCUT2D eigenvalue weighted by Crippen LogP contribution is -2.31. The zero-order valence-electron chi connectivity index (χ0n) is 14.1. The highest BCUT2D eigenvalue weighted by atomic mass is 32.2. The maximum absolute atomic E-state index is 11.8. The first-order valence-corrected chi connectivity index (χ1v) is 8.77. The van der Waals surface area contributed by atoms with E-state index in [-0.39, 0.29) is 0 Å². The zero-order chi connectivity index (χ0) is 18.1. The van der Waals surface area contributed by atoms with Gasteiger partial charge in [0.05, 0.1) is 4.91 Å². The Balaban J connectivity index is 1.98. The second kappa shape index (κ2) is 6.89. The molecule has 3 rings (SSSR count). The Kier molecular flexibility index (Phi) is 4.82. The minimum absolute atomic E-state index is 0.316. The van der Waals surface area contributed by atoms with E-state index in [0.29, 0.717) is 22.1 Å². The summed E-state index contributed by atoms with van der Waals surface area (Å²) >= 11 is 0.858. The van der Waals surface area contributed by atoms with Gasteiger partial charge in [-0.25, -0.2) is 0 Å². The molecule has 0 bridgehead atoms. The Morgan fingerprint density at radius 2 is 2.16 bits per heavy atom. The van der Waals surface area contributed by atoms with Crippen LogP contribution in [0.15, 0.2) is 23.1 Å². The lowest BCUT2D eigenvalue weighted by atomic mass is 10.1. The number of nitrogens with two attached hydrogens (primary N) is 1. The number of rotatable bonds is 4. The molecule has 0 spiro atoms. The summed E-state index contributed by atoms with van der Waals surface area (Å²) in [5.74, 6) is -0.948. The molecule has 1 atom stereocenters. The van der Waals surface area contributed by atoms with Gasteiger partial charge in [-0.2, -0.15) is 0 Å². The molecule has 0 aliphatic carbocycles. The molecule has 0 radical (unpaired) electrons. The molecule has 1 aromatic carbocycles. The Morgan fingerprint density at radius 1 is 1.40 bits per heavy atom. The molecule has 2 heterocycles. The summed E-state index contributed by atoms with van der Waals surface area (Å²) in [6.45, 7) is 1.74. The van der Waals surface area contributed by atoms with Crippen molar-refractivity contribution in [3.8, 4) is 0 Å². The maximum atomic E-state index is 11.8. The molecular formula is C17H20N4O3S. The molecule has 2 aliphatic rings. The van der Waals surface area contributed by atoms with Gasteiger partial charge < -0.3 is 15.5 Å². The van der Waals surface area contributed by atoms with E-state index in [4.69, 9.17) is 5.73 Å². The van der Waals surface area contributed by atoms with E-state index in [9.17, 15) is 14.4 Å². The molecule has 1 aromatic rings. The van der Waals surface area contributed by atoms with Gasteiger partial charge >= 0.3 is 0 Å². The van der Waals surface area contributed by atoms with Gasteiger partial charge in [0.15, 0.2) is 0 Å². The molecule has 2 saturated heterocycles. The Bertz CT molecular complexity index is 775.